The van der Waals surface area contributed by atoms with Gasteiger partial charge in [0.2, 0.25) is 0 Å². The molecule has 4 rings (SSSR count). The average molecular weight is 524 g/mol. The Labute approximate surface area is 221 Å². The van der Waals surface area contributed by atoms with E-state index in [4.69, 9.17) is 4.74 Å². The summed E-state index contributed by atoms with van der Waals surface area (Å²) in [5, 5.41) is 0. The maximum atomic E-state index is 13.3. The van der Waals surface area contributed by atoms with Crippen molar-refractivity contribution in [3.63, 3.8) is 0 Å². The smallest absolute Gasteiger partial charge is 0.253 e. The van der Waals surface area contributed by atoms with Crippen molar-refractivity contribution in [2.75, 3.05) is 26.5 Å². The van der Waals surface area contributed by atoms with Gasteiger partial charge < -0.3 is 9.64 Å². The lowest BCUT2D eigenvalue weighted by atomic mass is 10.0. The van der Waals surface area contributed by atoms with E-state index < -0.39 is 10.8 Å². The number of carbonyl (C=O) groups is 1. The normalized spacial score (nSPS) is 15.1. The Hall–Kier alpha value is -3.23. The zero-order valence-electron chi connectivity index (χ0n) is 22.0. The molecule has 1 fully saturated rings. The molecule has 196 valence electrons. The second-order valence-electron chi connectivity index (χ2n) is 8.86. The molecule has 1 aliphatic rings. The van der Waals surface area contributed by atoms with Gasteiger partial charge in [0.25, 0.3) is 5.91 Å². The van der Waals surface area contributed by atoms with Crippen molar-refractivity contribution in [2.24, 2.45) is 0 Å². The molecule has 37 heavy (non-hydrogen) atoms. The van der Waals surface area contributed by atoms with E-state index in [9.17, 15) is 13.4 Å². The number of methoxy groups -OCH3 is 1. The SMILES string of the molecule is C/C=C(\c1ccc(C(=O)N2CCC(OC)CC2)cc1C)S(C)=O.Cc1ncc(-c2ccccc2F)cn1. The zero-order chi connectivity index (χ0) is 26.9. The van der Waals surface area contributed by atoms with Crippen molar-refractivity contribution in [3.05, 3.63) is 89.3 Å². The standard InChI is InChI=1S/C18H25NO3S.C11H9FN2/c1-5-17(23(4)21)16-7-6-14(12-13(16)2)18(20)19-10-8-15(22-3)9-11-19;1-8-13-6-9(7-14-8)10-4-2-3-5-11(10)12/h5-7,12,15H,8-11H2,1-4H3;2-7H,1H3/b17-5+;. The molecule has 1 aliphatic heterocycles. The highest BCUT2D eigenvalue weighted by Gasteiger charge is 2.24. The Morgan fingerprint density at radius 3 is 2.30 bits per heavy atom. The van der Waals surface area contributed by atoms with Crippen LogP contribution >= 0.6 is 0 Å². The number of rotatable bonds is 5. The third-order valence-corrected chi connectivity index (χ3v) is 7.41. The number of allylic oxidation sites excluding steroid dienone is 1. The fourth-order valence-electron chi connectivity index (χ4n) is 4.25. The number of halogens is 1. The first-order chi connectivity index (χ1) is 17.7. The molecule has 2 aromatic carbocycles. The number of likely N-dealkylation sites (tertiary alicyclic amines) is 1. The molecular formula is C29H34FN3O3S. The van der Waals surface area contributed by atoms with Gasteiger partial charge in [0, 0.05) is 60.4 Å². The first kappa shape index (κ1) is 28.3. The second kappa shape index (κ2) is 13.4. The number of benzene rings is 2. The molecule has 1 saturated heterocycles. The first-order valence-corrected chi connectivity index (χ1v) is 13.8. The van der Waals surface area contributed by atoms with Crippen LogP contribution in [0.1, 0.15) is 47.1 Å². The first-order valence-electron chi connectivity index (χ1n) is 12.2. The van der Waals surface area contributed by atoms with Crippen molar-refractivity contribution in [1.82, 2.24) is 14.9 Å². The maximum absolute atomic E-state index is 13.3. The molecular weight excluding hydrogens is 489 g/mol. The number of aryl methyl sites for hydroxylation is 2. The highest BCUT2D eigenvalue weighted by atomic mass is 32.2. The minimum Gasteiger partial charge on any atom is -0.381 e. The van der Waals surface area contributed by atoms with Gasteiger partial charge in [-0.05, 0) is 62.9 Å². The van der Waals surface area contributed by atoms with Gasteiger partial charge in [0.15, 0.2) is 0 Å². The minimum absolute atomic E-state index is 0.0638. The van der Waals surface area contributed by atoms with Crippen molar-refractivity contribution in [1.29, 1.82) is 0 Å². The lowest BCUT2D eigenvalue weighted by Crippen LogP contribution is -2.40. The number of piperidine rings is 1. The summed E-state index contributed by atoms with van der Waals surface area (Å²) >= 11 is 0. The van der Waals surface area contributed by atoms with E-state index in [1.807, 2.05) is 43.0 Å². The number of aromatic nitrogens is 2. The fourth-order valence-corrected chi connectivity index (χ4v) is 5.12. The van der Waals surface area contributed by atoms with Crippen LogP contribution in [0.3, 0.4) is 0 Å². The fraction of sp³-hybridized carbons (Fsp3) is 0.345. The summed E-state index contributed by atoms with van der Waals surface area (Å²) in [6.07, 6.45) is 8.83. The van der Waals surface area contributed by atoms with E-state index in [-0.39, 0.29) is 17.8 Å². The van der Waals surface area contributed by atoms with Crippen LogP contribution in [0, 0.1) is 19.7 Å². The van der Waals surface area contributed by atoms with Crippen LogP contribution in [0.4, 0.5) is 4.39 Å². The Morgan fingerprint density at radius 2 is 1.76 bits per heavy atom. The van der Waals surface area contributed by atoms with Gasteiger partial charge in [-0.1, -0.05) is 30.3 Å². The average Bonchev–Trinajstić information content (AvgIpc) is 2.91. The van der Waals surface area contributed by atoms with Crippen LogP contribution in [0.2, 0.25) is 0 Å². The van der Waals surface area contributed by atoms with E-state index in [0.29, 0.717) is 22.5 Å². The minimum atomic E-state index is -1.04. The Kier molecular flexibility index (Phi) is 10.2. The molecule has 2 heterocycles. The van der Waals surface area contributed by atoms with Crippen LogP contribution < -0.4 is 0 Å². The predicted molar refractivity (Wildman–Crippen MR) is 147 cm³/mol. The number of amides is 1. The summed E-state index contributed by atoms with van der Waals surface area (Å²) < 4.78 is 30.5. The molecule has 1 unspecified atom stereocenters. The third-order valence-electron chi connectivity index (χ3n) is 6.34. The van der Waals surface area contributed by atoms with Crippen LogP contribution in [0.25, 0.3) is 16.0 Å². The molecule has 0 spiro atoms. The highest BCUT2D eigenvalue weighted by Crippen LogP contribution is 2.24. The van der Waals surface area contributed by atoms with Gasteiger partial charge in [-0.25, -0.2) is 14.4 Å². The van der Waals surface area contributed by atoms with Crippen LogP contribution in [-0.2, 0) is 15.5 Å². The lowest BCUT2D eigenvalue weighted by Gasteiger charge is -2.31. The number of hydrogen-bond donors (Lipinski definition) is 0. The molecule has 1 amide bonds. The Morgan fingerprint density at radius 1 is 1.11 bits per heavy atom. The maximum Gasteiger partial charge on any atom is 0.253 e. The predicted octanol–water partition coefficient (Wildman–Crippen LogP) is 5.58. The van der Waals surface area contributed by atoms with Gasteiger partial charge in [-0.15, -0.1) is 0 Å². The van der Waals surface area contributed by atoms with E-state index >= 15 is 0 Å². The second-order valence-corrected chi connectivity index (χ2v) is 10.2. The van der Waals surface area contributed by atoms with Crippen molar-refractivity contribution in [2.45, 2.75) is 39.7 Å². The zero-order valence-corrected chi connectivity index (χ0v) is 22.8. The van der Waals surface area contributed by atoms with Crippen molar-refractivity contribution >= 4 is 21.6 Å². The molecule has 0 saturated carbocycles. The van der Waals surface area contributed by atoms with Gasteiger partial charge in [-0.2, -0.15) is 0 Å². The molecule has 3 aromatic rings. The molecule has 0 N–H and O–H groups in total. The van der Waals surface area contributed by atoms with E-state index in [1.54, 1.807) is 50.9 Å². The Bertz CT molecular complexity index is 1270. The van der Waals surface area contributed by atoms with Gasteiger partial charge in [0.1, 0.15) is 11.6 Å². The summed E-state index contributed by atoms with van der Waals surface area (Å²) in [5.41, 5.74) is 3.86. The van der Waals surface area contributed by atoms with Crippen molar-refractivity contribution < 1.29 is 18.1 Å². The molecule has 8 heteroatoms. The van der Waals surface area contributed by atoms with E-state index in [2.05, 4.69) is 9.97 Å². The van der Waals surface area contributed by atoms with Gasteiger partial charge in [-0.3, -0.25) is 9.00 Å². The monoisotopic (exact) mass is 523 g/mol. The molecule has 1 atom stereocenters. The van der Waals surface area contributed by atoms with Crippen LogP contribution in [0.5, 0.6) is 0 Å². The number of carbonyl (C=O) groups excluding carboxylic acids is 1. The third kappa shape index (κ3) is 7.40. The largest absolute Gasteiger partial charge is 0.381 e. The quantitative estimate of drug-likeness (QED) is 0.437. The van der Waals surface area contributed by atoms with Gasteiger partial charge in [0.05, 0.1) is 16.9 Å². The number of nitrogens with zero attached hydrogens (tertiary/aromatic N) is 3. The summed E-state index contributed by atoms with van der Waals surface area (Å²) in [4.78, 5) is 23.4. The van der Waals surface area contributed by atoms with Crippen LogP contribution in [0.15, 0.2) is 60.9 Å². The Balaban J connectivity index is 0.000000231. The summed E-state index contributed by atoms with van der Waals surface area (Å²) in [5.74, 6) is 0.499. The van der Waals surface area contributed by atoms with E-state index in [0.717, 1.165) is 42.0 Å². The van der Waals surface area contributed by atoms with Gasteiger partial charge >= 0.3 is 0 Å². The molecule has 0 radical (unpaired) electrons. The number of hydrogen-bond acceptors (Lipinski definition) is 5. The molecule has 0 aliphatic carbocycles. The van der Waals surface area contributed by atoms with Crippen LogP contribution in [-0.4, -0.2) is 57.5 Å². The summed E-state index contributed by atoms with van der Waals surface area (Å²) in [6.45, 7) is 7.11. The highest BCUT2D eigenvalue weighted by molar-refractivity contribution is 7.93. The topological polar surface area (TPSA) is 72.4 Å². The molecule has 1 aromatic heterocycles. The molecule has 6 nitrogen and oxygen atoms in total. The summed E-state index contributed by atoms with van der Waals surface area (Å²) in [7, 11) is 0.683. The van der Waals surface area contributed by atoms with E-state index in [1.165, 1.54) is 6.07 Å². The lowest BCUT2D eigenvalue weighted by molar-refractivity contribution is 0.0350. The summed E-state index contributed by atoms with van der Waals surface area (Å²) in [6, 6.07) is 12.2. The van der Waals surface area contributed by atoms with Crippen molar-refractivity contribution in [3.8, 4) is 11.1 Å². The number of ether oxygens (including phenoxy) is 1. The molecule has 0 bridgehead atoms.